The molecule has 0 aliphatic carbocycles. The molecule has 7 nitrogen and oxygen atoms in total. The topological polar surface area (TPSA) is 92.1 Å². The molecule has 1 heterocycles. The van der Waals surface area contributed by atoms with E-state index in [0.717, 1.165) is 12.0 Å². The number of hydrogen-bond donors (Lipinski definition) is 3. The zero-order valence-electron chi connectivity index (χ0n) is 14.1. The Kier molecular flexibility index (Phi) is 6.31. The maximum Gasteiger partial charge on any atom is 0.315 e. The van der Waals surface area contributed by atoms with Gasteiger partial charge in [0.25, 0.3) is 0 Å². The average molecular weight is 331 g/mol. The second-order valence-electron chi connectivity index (χ2n) is 6.15. The quantitative estimate of drug-likeness (QED) is 0.688. The van der Waals surface area contributed by atoms with Crippen molar-refractivity contribution in [2.75, 3.05) is 6.61 Å². The first-order valence-electron chi connectivity index (χ1n) is 8.13. The number of nitrogens with one attached hydrogen (secondary N) is 2. The number of hydrogen-bond acceptors (Lipinski definition) is 4. The zero-order chi connectivity index (χ0) is 17.4. The Balaban J connectivity index is 2.08. The number of amides is 2. The summed E-state index contributed by atoms with van der Waals surface area (Å²) in [6.07, 6.45) is 4.66. The van der Waals surface area contributed by atoms with Crippen LogP contribution in [0.15, 0.2) is 43.0 Å². The molecule has 7 heteroatoms. The molecule has 2 rings (SSSR count). The van der Waals surface area contributed by atoms with Gasteiger partial charge in [-0.1, -0.05) is 43.7 Å². The number of aromatic nitrogens is 3. The molecule has 24 heavy (non-hydrogen) atoms. The minimum atomic E-state index is -0.632. The van der Waals surface area contributed by atoms with Gasteiger partial charge in [-0.15, -0.1) is 0 Å². The van der Waals surface area contributed by atoms with E-state index in [2.05, 4.69) is 20.7 Å². The van der Waals surface area contributed by atoms with Gasteiger partial charge in [0, 0.05) is 0 Å². The van der Waals surface area contributed by atoms with Crippen molar-refractivity contribution in [3.05, 3.63) is 48.5 Å². The van der Waals surface area contributed by atoms with Gasteiger partial charge in [0.1, 0.15) is 12.7 Å². The number of carbonyl (C=O) groups is 1. The fraction of sp³-hybridized carbons (Fsp3) is 0.471. The first-order valence-corrected chi connectivity index (χ1v) is 8.13. The molecule has 130 valence electrons. The number of aliphatic hydroxyl groups excluding tert-OH is 1. The highest BCUT2D eigenvalue weighted by Crippen LogP contribution is 2.16. The normalized spacial score (nSPS) is 14.6. The minimum Gasteiger partial charge on any atom is -0.394 e. The Morgan fingerprint density at radius 1 is 1.38 bits per heavy atom. The van der Waals surface area contributed by atoms with Gasteiger partial charge < -0.3 is 15.7 Å². The third-order valence-electron chi connectivity index (χ3n) is 3.91. The molecule has 2 atom stereocenters. The lowest BCUT2D eigenvalue weighted by molar-refractivity contribution is 0.161. The van der Waals surface area contributed by atoms with E-state index < -0.39 is 5.54 Å². The number of carbonyl (C=O) groups excluding carboxylic acids is 1. The van der Waals surface area contributed by atoms with Crippen LogP contribution in [0, 0.1) is 0 Å². The summed E-state index contributed by atoms with van der Waals surface area (Å²) in [5, 5.41) is 19.5. The first-order chi connectivity index (χ1) is 11.6. The fourth-order valence-corrected chi connectivity index (χ4v) is 2.64. The van der Waals surface area contributed by atoms with Crippen LogP contribution in [0.1, 0.15) is 38.3 Å². The van der Waals surface area contributed by atoms with Gasteiger partial charge in [0.15, 0.2) is 0 Å². The molecule has 2 amide bonds. The summed E-state index contributed by atoms with van der Waals surface area (Å²) in [7, 11) is 0. The summed E-state index contributed by atoms with van der Waals surface area (Å²) in [6.45, 7) is 4.23. The number of nitrogens with zero attached hydrogens (tertiary/aromatic N) is 3. The molecule has 0 aliphatic heterocycles. The van der Waals surface area contributed by atoms with Crippen molar-refractivity contribution in [2.45, 2.75) is 44.8 Å². The number of rotatable bonds is 8. The summed E-state index contributed by atoms with van der Waals surface area (Å²) in [5.41, 5.74) is 0.345. The summed E-state index contributed by atoms with van der Waals surface area (Å²) >= 11 is 0. The van der Waals surface area contributed by atoms with E-state index in [4.69, 9.17) is 0 Å². The molecule has 0 bridgehead atoms. The molecule has 2 aromatic rings. The molecular weight excluding hydrogens is 306 g/mol. The van der Waals surface area contributed by atoms with Gasteiger partial charge in [-0.3, -0.25) is 4.68 Å². The van der Waals surface area contributed by atoms with Crippen molar-refractivity contribution in [1.29, 1.82) is 0 Å². The monoisotopic (exact) mass is 331 g/mol. The van der Waals surface area contributed by atoms with Crippen molar-refractivity contribution in [3.63, 3.8) is 0 Å². The van der Waals surface area contributed by atoms with E-state index in [-0.39, 0.29) is 18.7 Å². The summed E-state index contributed by atoms with van der Waals surface area (Å²) in [5.74, 6) is 0. The van der Waals surface area contributed by atoms with Crippen LogP contribution in [0.4, 0.5) is 4.79 Å². The van der Waals surface area contributed by atoms with Gasteiger partial charge in [-0.25, -0.2) is 9.78 Å². The maximum absolute atomic E-state index is 12.4. The van der Waals surface area contributed by atoms with Crippen molar-refractivity contribution in [1.82, 2.24) is 25.4 Å². The standard InChI is InChI=1S/C17H25N5O2/c1-3-9-17(2,11-23)21-16(24)20-15(10-22-13-18-12-19-22)14-7-5-4-6-8-14/h4-8,12-13,15,23H,3,9-11H2,1-2H3,(H2,20,21,24). The van der Waals surface area contributed by atoms with E-state index in [1.807, 2.05) is 44.2 Å². The van der Waals surface area contributed by atoms with Crippen LogP contribution in [-0.2, 0) is 6.54 Å². The van der Waals surface area contributed by atoms with E-state index in [9.17, 15) is 9.90 Å². The van der Waals surface area contributed by atoms with Crippen LogP contribution in [0.3, 0.4) is 0 Å². The van der Waals surface area contributed by atoms with Crippen LogP contribution in [0.5, 0.6) is 0 Å². The fourth-order valence-electron chi connectivity index (χ4n) is 2.64. The van der Waals surface area contributed by atoms with Gasteiger partial charge in [-0.2, -0.15) is 5.10 Å². The smallest absolute Gasteiger partial charge is 0.315 e. The molecule has 2 unspecified atom stereocenters. The summed E-state index contributed by atoms with van der Waals surface area (Å²) in [4.78, 5) is 16.4. The van der Waals surface area contributed by atoms with Crippen LogP contribution < -0.4 is 10.6 Å². The molecular formula is C17H25N5O2. The SMILES string of the molecule is CCCC(C)(CO)NC(=O)NC(Cn1cncn1)c1ccccc1. The number of benzene rings is 1. The highest BCUT2D eigenvalue weighted by atomic mass is 16.3. The molecule has 0 saturated carbocycles. The van der Waals surface area contributed by atoms with Crippen molar-refractivity contribution >= 4 is 6.03 Å². The first kappa shape index (κ1) is 17.9. The lowest BCUT2D eigenvalue weighted by atomic mass is 9.97. The Hall–Kier alpha value is -2.41. The number of urea groups is 1. The van der Waals surface area contributed by atoms with E-state index in [1.54, 1.807) is 11.0 Å². The van der Waals surface area contributed by atoms with Crippen LogP contribution in [-0.4, -0.2) is 38.0 Å². The van der Waals surface area contributed by atoms with E-state index >= 15 is 0 Å². The van der Waals surface area contributed by atoms with Gasteiger partial charge in [0.05, 0.1) is 24.7 Å². The summed E-state index contributed by atoms with van der Waals surface area (Å²) in [6, 6.07) is 9.14. The van der Waals surface area contributed by atoms with Gasteiger partial charge in [-0.05, 0) is 18.9 Å². The second kappa shape index (κ2) is 8.44. The average Bonchev–Trinajstić information content (AvgIpc) is 3.08. The third-order valence-corrected chi connectivity index (χ3v) is 3.91. The van der Waals surface area contributed by atoms with Gasteiger partial charge >= 0.3 is 6.03 Å². The van der Waals surface area contributed by atoms with Crippen LogP contribution in [0.2, 0.25) is 0 Å². The Morgan fingerprint density at radius 2 is 2.12 bits per heavy atom. The van der Waals surface area contributed by atoms with Gasteiger partial charge in [0.2, 0.25) is 0 Å². The molecule has 0 radical (unpaired) electrons. The molecule has 0 aliphatic rings. The zero-order valence-corrected chi connectivity index (χ0v) is 14.1. The Morgan fingerprint density at radius 3 is 2.71 bits per heavy atom. The molecule has 3 N–H and O–H groups in total. The molecule has 0 spiro atoms. The Labute approximate surface area is 142 Å². The lowest BCUT2D eigenvalue weighted by Gasteiger charge is -2.30. The van der Waals surface area contributed by atoms with Crippen molar-refractivity contribution in [2.24, 2.45) is 0 Å². The predicted octanol–water partition coefficient (Wildman–Crippen LogP) is 1.87. The predicted molar refractivity (Wildman–Crippen MR) is 91.3 cm³/mol. The molecule has 1 aromatic carbocycles. The maximum atomic E-state index is 12.4. The number of aliphatic hydroxyl groups is 1. The Bertz CT molecular complexity index is 617. The molecule has 0 fully saturated rings. The van der Waals surface area contributed by atoms with Crippen LogP contribution in [0.25, 0.3) is 0 Å². The van der Waals surface area contributed by atoms with Crippen LogP contribution >= 0.6 is 0 Å². The van der Waals surface area contributed by atoms with E-state index in [1.165, 1.54) is 6.33 Å². The minimum absolute atomic E-state index is 0.104. The third kappa shape index (κ3) is 5.06. The molecule has 1 aromatic heterocycles. The summed E-state index contributed by atoms with van der Waals surface area (Å²) < 4.78 is 1.68. The highest BCUT2D eigenvalue weighted by Gasteiger charge is 2.26. The largest absolute Gasteiger partial charge is 0.394 e. The lowest BCUT2D eigenvalue weighted by Crippen LogP contribution is -2.53. The van der Waals surface area contributed by atoms with E-state index in [0.29, 0.717) is 13.0 Å². The highest BCUT2D eigenvalue weighted by molar-refractivity contribution is 5.75. The molecule has 0 saturated heterocycles. The van der Waals surface area contributed by atoms with Crippen molar-refractivity contribution in [3.8, 4) is 0 Å². The second-order valence-corrected chi connectivity index (χ2v) is 6.15. The van der Waals surface area contributed by atoms with Crippen molar-refractivity contribution < 1.29 is 9.90 Å².